The van der Waals surface area contributed by atoms with Crippen LogP contribution in [0.4, 0.5) is 0 Å². The van der Waals surface area contributed by atoms with Gasteiger partial charge in [-0.3, -0.25) is 4.79 Å². The molecule has 0 radical (unpaired) electrons. The van der Waals surface area contributed by atoms with Crippen LogP contribution in [0.5, 0.6) is 11.5 Å². The fourth-order valence-electron chi connectivity index (χ4n) is 2.73. The van der Waals surface area contributed by atoms with Crippen LogP contribution in [-0.2, 0) is 6.54 Å². The maximum Gasteiger partial charge on any atom is 0.251 e. The number of amides is 1. The van der Waals surface area contributed by atoms with Crippen LogP contribution in [0.2, 0.25) is 0 Å². The van der Waals surface area contributed by atoms with Gasteiger partial charge in [0.15, 0.2) is 11.5 Å². The highest BCUT2D eigenvalue weighted by atomic mass is 16.5. The molecule has 1 fully saturated rings. The molecule has 1 heterocycles. The summed E-state index contributed by atoms with van der Waals surface area (Å²) in [4.78, 5) is 12.3. The molecule has 1 aliphatic carbocycles. The summed E-state index contributed by atoms with van der Waals surface area (Å²) < 4.78 is 11.7. The second kappa shape index (κ2) is 5.61. The minimum absolute atomic E-state index is 0.106. The molecule has 0 unspecified atom stereocenters. The highest BCUT2D eigenvalue weighted by molar-refractivity contribution is 5.94. The van der Waals surface area contributed by atoms with Crippen molar-refractivity contribution in [2.24, 2.45) is 5.41 Å². The van der Waals surface area contributed by atoms with Gasteiger partial charge in [-0.25, -0.2) is 0 Å². The fourth-order valence-corrected chi connectivity index (χ4v) is 2.73. The van der Waals surface area contributed by atoms with Gasteiger partial charge >= 0.3 is 0 Å². The summed E-state index contributed by atoms with van der Waals surface area (Å²) in [5.74, 6) is 1.29. The SMILES string of the molecule is O=C(NCc1ccccc1)c1ccc2c(c1)OCC1(CC1)CO2. The molecule has 23 heavy (non-hydrogen) atoms. The van der Waals surface area contributed by atoms with Crippen LogP contribution < -0.4 is 14.8 Å². The Hall–Kier alpha value is -2.49. The number of carbonyl (C=O) groups is 1. The van der Waals surface area contributed by atoms with Gasteiger partial charge in [0.05, 0.1) is 13.2 Å². The summed E-state index contributed by atoms with van der Waals surface area (Å²) >= 11 is 0. The zero-order valence-corrected chi connectivity index (χ0v) is 12.9. The Balaban J connectivity index is 1.45. The van der Waals surface area contributed by atoms with E-state index in [1.54, 1.807) is 12.1 Å². The lowest BCUT2D eigenvalue weighted by Gasteiger charge is -2.10. The van der Waals surface area contributed by atoms with Crippen molar-refractivity contribution in [3.8, 4) is 11.5 Å². The lowest BCUT2D eigenvalue weighted by molar-refractivity contribution is 0.0950. The quantitative estimate of drug-likeness (QED) is 0.947. The highest BCUT2D eigenvalue weighted by Crippen LogP contribution is 2.49. The molecule has 4 heteroatoms. The average Bonchev–Trinajstić information content (AvgIpc) is 3.40. The third kappa shape index (κ3) is 3.02. The molecule has 1 aliphatic heterocycles. The van der Waals surface area contributed by atoms with Gasteiger partial charge in [0.1, 0.15) is 0 Å². The number of fused-ring (bicyclic) bond motifs is 1. The molecule has 2 aliphatic rings. The average molecular weight is 309 g/mol. The molecule has 1 saturated carbocycles. The Bertz CT molecular complexity index is 723. The predicted octanol–water partition coefficient (Wildman–Crippen LogP) is 3.17. The largest absolute Gasteiger partial charge is 0.489 e. The van der Waals surface area contributed by atoms with E-state index in [4.69, 9.17) is 9.47 Å². The summed E-state index contributed by atoms with van der Waals surface area (Å²) in [5.41, 5.74) is 1.87. The standard InChI is InChI=1S/C19H19NO3/c21-18(20-11-14-4-2-1-3-5-14)15-6-7-16-17(10-15)23-13-19(8-9-19)12-22-16/h1-7,10H,8-9,11-13H2,(H,20,21). The summed E-state index contributed by atoms with van der Waals surface area (Å²) in [6.45, 7) is 1.89. The molecule has 4 nitrogen and oxygen atoms in total. The monoisotopic (exact) mass is 309 g/mol. The number of nitrogens with one attached hydrogen (secondary N) is 1. The predicted molar refractivity (Wildman–Crippen MR) is 86.7 cm³/mol. The van der Waals surface area contributed by atoms with Gasteiger partial charge in [0, 0.05) is 17.5 Å². The van der Waals surface area contributed by atoms with E-state index in [9.17, 15) is 4.79 Å². The van der Waals surface area contributed by atoms with E-state index in [2.05, 4.69) is 5.32 Å². The smallest absolute Gasteiger partial charge is 0.251 e. The highest BCUT2D eigenvalue weighted by Gasteiger charge is 2.46. The molecule has 4 rings (SSSR count). The van der Waals surface area contributed by atoms with Gasteiger partial charge in [0.2, 0.25) is 0 Å². The third-order valence-electron chi connectivity index (χ3n) is 4.53. The van der Waals surface area contributed by atoms with Crippen molar-refractivity contribution < 1.29 is 14.3 Å². The molecule has 0 aromatic heterocycles. The number of carbonyl (C=O) groups excluding carboxylic acids is 1. The van der Waals surface area contributed by atoms with Crippen molar-refractivity contribution in [2.45, 2.75) is 19.4 Å². The van der Waals surface area contributed by atoms with Crippen molar-refractivity contribution in [3.63, 3.8) is 0 Å². The van der Waals surface area contributed by atoms with Gasteiger partial charge < -0.3 is 14.8 Å². The molecule has 1 spiro atoms. The van der Waals surface area contributed by atoms with E-state index >= 15 is 0 Å². The molecule has 0 bridgehead atoms. The number of benzene rings is 2. The van der Waals surface area contributed by atoms with Crippen LogP contribution in [0, 0.1) is 5.41 Å². The molecule has 1 amide bonds. The molecule has 1 N–H and O–H groups in total. The lowest BCUT2D eigenvalue weighted by Crippen LogP contribution is -2.22. The number of ether oxygens (including phenoxy) is 2. The van der Waals surface area contributed by atoms with Crippen LogP contribution in [0.3, 0.4) is 0 Å². The molecule has 118 valence electrons. The number of hydrogen-bond donors (Lipinski definition) is 1. The lowest BCUT2D eigenvalue weighted by atomic mass is 10.1. The number of rotatable bonds is 3. The molecule has 0 saturated heterocycles. The van der Waals surface area contributed by atoms with Gasteiger partial charge in [0.25, 0.3) is 5.91 Å². The topological polar surface area (TPSA) is 47.6 Å². The zero-order valence-electron chi connectivity index (χ0n) is 12.9. The molecular formula is C19H19NO3. The normalized spacial score (nSPS) is 17.4. The van der Waals surface area contributed by atoms with E-state index in [0.717, 1.165) is 24.2 Å². The van der Waals surface area contributed by atoms with Crippen molar-refractivity contribution in [1.29, 1.82) is 0 Å². The van der Waals surface area contributed by atoms with Crippen LogP contribution in [0.1, 0.15) is 28.8 Å². The Morgan fingerprint density at radius 2 is 1.74 bits per heavy atom. The van der Waals surface area contributed by atoms with E-state index < -0.39 is 0 Å². The second-order valence-corrected chi connectivity index (χ2v) is 6.41. The minimum atomic E-state index is -0.106. The molecule has 0 atom stereocenters. The van der Waals surface area contributed by atoms with Crippen LogP contribution in [0.15, 0.2) is 48.5 Å². The third-order valence-corrected chi connectivity index (χ3v) is 4.53. The van der Waals surface area contributed by atoms with Crippen molar-refractivity contribution >= 4 is 5.91 Å². The first kappa shape index (κ1) is 14.1. The van der Waals surface area contributed by atoms with E-state index in [-0.39, 0.29) is 11.3 Å². The van der Waals surface area contributed by atoms with Crippen molar-refractivity contribution in [2.75, 3.05) is 13.2 Å². The Morgan fingerprint density at radius 3 is 2.48 bits per heavy atom. The fraction of sp³-hybridized carbons (Fsp3) is 0.316. The maximum absolute atomic E-state index is 12.3. The Kier molecular flexibility index (Phi) is 3.45. The molecular weight excluding hydrogens is 290 g/mol. The first-order chi connectivity index (χ1) is 11.2. The summed E-state index contributed by atoms with van der Waals surface area (Å²) in [6.07, 6.45) is 2.32. The second-order valence-electron chi connectivity index (χ2n) is 6.41. The summed E-state index contributed by atoms with van der Waals surface area (Å²) in [6, 6.07) is 15.2. The molecule has 2 aromatic carbocycles. The first-order valence-electron chi connectivity index (χ1n) is 7.96. The summed E-state index contributed by atoms with van der Waals surface area (Å²) in [5, 5.41) is 2.93. The van der Waals surface area contributed by atoms with Crippen molar-refractivity contribution in [1.82, 2.24) is 5.32 Å². The van der Waals surface area contributed by atoms with Gasteiger partial charge in [-0.1, -0.05) is 30.3 Å². The van der Waals surface area contributed by atoms with Gasteiger partial charge in [-0.15, -0.1) is 0 Å². The zero-order chi connectivity index (χ0) is 15.7. The Morgan fingerprint density at radius 1 is 1.00 bits per heavy atom. The summed E-state index contributed by atoms with van der Waals surface area (Å²) in [7, 11) is 0. The van der Waals surface area contributed by atoms with Gasteiger partial charge in [-0.2, -0.15) is 0 Å². The van der Waals surface area contributed by atoms with Crippen LogP contribution in [0.25, 0.3) is 0 Å². The van der Waals surface area contributed by atoms with E-state index in [1.807, 2.05) is 36.4 Å². The molecule has 2 aromatic rings. The van der Waals surface area contributed by atoms with Gasteiger partial charge in [-0.05, 0) is 36.6 Å². The maximum atomic E-state index is 12.3. The van der Waals surface area contributed by atoms with E-state index in [0.29, 0.717) is 31.1 Å². The van der Waals surface area contributed by atoms with Crippen LogP contribution >= 0.6 is 0 Å². The Labute approximate surface area is 135 Å². The number of hydrogen-bond acceptors (Lipinski definition) is 3. The van der Waals surface area contributed by atoms with Crippen LogP contribution in [-0.4, -0.2) is 19.1 Å². The van der Waals surface area contributed by atoms with Crippen molar-refractivity contribution in [3.05, 3.63) is 59.7 Å². The first-order valence-corrected chi connectivity index (χ1v) is 7.96. The van der Waals surface area contributed by atoms with E-state index in [1.165, 1.54) is 0 Å². The minimum Gasteiger partial charge on any atom is -0.489 e.